The Labute approximate surface area is 313 Å². The smallest absolute Gasteiger partial charge is 0.178 e. The number of allylic oxidation sites excluding steroid dienone is 4. The molecule has 1 atom stereocenters. The third kappa shape index (κ3) is 29.2. The molecule has 3 heteroatoms. The van der Waals surface area contributed by atoms with Crippen molar-refractivity contribution in [1.29, 1.82) is 0 Å². The molecule has 0 aliphatic rings. The predicted octanol–water partition coefficient (Wildman–Crippen LogP) is 14.4. The predicted molar refractivity (Wildman–Crippen MR) is 220 cm³/mol. The molecule has 0 radical (unpaired) electrons. The lowest BCUT2D eigenvalue weighted by Crippen LogP contribution is -2.47. The van der Waals surface area contributed by atoms with Crippen molar-refractivity contribution in [3.63, 3.8) is 0 Å². The second kappa shape index (κ2) is 35.9. The summed E-state index contributed by atoms with van der Waals surface area (Å²) in [5, 5.41) is 0. The van der Waals surface area contributed by atoms with Crippen LogP contribution in [-0.4, -0.2) is 25.9 Å². The molecule has 0 fully saturated rings. The first-order valence-corrected chi connectivity index (χ1v) is 22.1. The normalized spacial score (nSPS) is 12.6. The van der Waals surface area contributed by atoms with Crippen LogP contribution >= 0.6 is 0 Å². The number of hydrogen-bond donors (Lipinski definition) is 0. The van der Waals surface area contributed by atoms with Crippen LogP contribution in [0.15, 0.2) is 36.4 Å². The molecular formula is C47H86NO2+. The topological polar surface area (TPSA) is 22.3 Å². The Hall–Kier alpha value is -1.45. The number of rotatable bonds is 37. The molecule has 0 saturated heterocycles. The van der Waals surface area contributed by atoms with Crippen molar-refractivity contribution < 1.29 is 14.0 Å². The zero-order valence-electron chi connectivity index (χ0n) is 34.4. The van der Waals surface area contributed by atoms with Crippen LogP contribution in [0.1, 0.15) is 211 Å². The third-order valence-corrected chi connectivity index (χ3v) is 10.2. The molecule has 0 N–H and O–H groups in total. The van der Waals surface area contributed by atoms with Gasteiger partial charge in [-0.25, -0.2) is 0 Å². The van der Waals surface area contributed by atoms with Gasteiger partial charge in [-0.1, -0.05) is 154 Å². The average molecular weight is 697 g/mol. The van der Waals surface area contributed by atoms with Crippen molar-refractivity contribution in [3.05, 3.63) is 53.4 Å². The van der Waals surface area contributed by atoms with Gasteiger partial charge in [0.05, 0.1) is 6.61 Å². The summed E-state index contributed by atoms with van der Waals surface area (Å²) < 4.78 is 15.1. The van der Waals surface area contributed by atoms with E-state index >= 15 is 0 Å². The summed E-state index contributed by atoms with van der Waals surface area (Å²) in [4.78, 5) is 0. The Bertz CT molecular complexity index is 899. The lowest BCUT2D eigenvalue weighted by Gasteiger charge is -2.17. The maximum absolute atomic E-state index is 6.48. The van der Waals surface area contributed by atoms with Crippen LogP contribution in [0.4, 0.5) is 0 Å². The minimum absolute atomic E-state index is 0.109. The van der Waals surface area contributed by atoms with E-state index in [9.17, 15) is 0 Å². The lowest BCUT2D eigenvalue weighted by atomic mass is 10.1. The maximum atomic E-state index is 6.48. The fraction of sp³-hybridized carbons (Fsp3) is 0.809. The maximum Gasteiger partial charge on any atom is 0.178 e. The zero-order valence-corrected chi connectivity index (χ0v) is 34.4. The molecule has 3 nitrogen and oxygen atoms in total. The van der Waals surface area contributed by atoms with Crippen LogP contribution in [0, 0.1) is 20.8 Å². The number of pyridine rings is 1. The van der Waals surface area contributed by atoms with Gasteiger partial charge in [-0.15, -0.1) is 0 Å². The lowest BCUT2D eigenvalue weighted by molar-refractivity contribution is -0.715. The van der Waals surface area contributed by atoms with Gasteiger partial charge >= 0.3 is 0 Å². The van der Waals surface area contributed by atoms with Gasteiger partial charge in [0, 0.05) is 39.2 Å². The van der Waals surface area contributed by atoms with E-state index in [0.29, 0.717) is 6.61 Å². The zero-order chi connectivity index (χ0) is 36.2. The van der Waals surface area contributed by atoms with E-state index in [0.717, 1.165) is 32.6 Å². The Morgan fingerprint density at radius 2 is 0.840 bits per heavy atom. The van der Waals surface area contributed by atoms with Crippen LogP contribution in [0.3, 0.4) is 0 Å². The SMILES string of the molecule is CCCCCCCC/C=C\CCCCCCCCOCC(C[n+]1c(C)cc(C)cc1C)OCCCCCCCC/C=C\CCCCCCCC. The van der Waals surface area contributed by atoms with Crippen LogP contribution < -0.4 is 4.57 Å². The molecule has 0 bridgehead atoms. The van der Waals surface area contributed by atoms with Gasteiger partial charge in [0.2, 0.25) is 0 Å². The number of unbranched alkanes of at least 4 members (excludes halogenated alkanes) is 24. The van der Waals surface area contributed by atoms with Crippen LogP contribution in [0.25, 0.3) is 0 Å². The number of hydrogen-bond acceptors (Lipinski definition) is 2. The van der Waals surface area contributed by atoms with Gasteiger partial charge in [0.15, 0.2) is 17.9 Å². The van der Waals surface area contributed by atoms with E-state index in [1.54, 1.807) is 0 Å². The third-order valence-electron chi connectivity index (χ3n) is 10.2. The summed E-state index contributed by atoms with van der Waals surface area (Å²) in [7, 11) is 0. The quantitative estimate of drug-likeness (QED) is 0.0392. The summed E-state index contributed by atoms with van der Waals surface area (Å²) >= 11 is 0. The minimum atomic E-state index is 0.109. The van der Waals surface area contributed by atoms with Crippen molar-refractivity contribution in [2.45, 2.75) is 227 Å². The largest absolute Gasteiger partial charge is 0.378 e. The fourth-order valence-corrected chi connectivity index (χ4v) is 7.05. The van der Waals surface area contributed by atoms with Gasteiger partial charge in [-0.2, -0.15) is 4.57 Å². The number of ether oxygens (including phenoxy) is 2. The van der Waals surface area contributed by atoms with Crippen LogP contribution in [0.5, 0.6) is 0 Å². The molecule has 290 valence electrons. The highest BCUT2D eigenvalue weighted by atomic mass is 16.5. The van der Waals surface area contributed by atoms with E-state index in [-0.39, 0.29) is 6.10 Å². The number of aryl methyl sites for hydroxylation is 3. The van der Waals surface area contributed by atoms with Crippen molar-refractivity contribution in [1.82, 2.24) is 0 Å². The second-order valence-electron chi connectivity index (χ2n) is 15.4. The van der Waals surface area contributed by atoms with E-state index in [1.807, 2.05) is 0 Å². The minimum Gasteiger partial charge on any atom is -0.378 e. The van der Waals surface area contributed by atoms with Gasteiger partial charge in [0.25, 0.3) is 0 Å². The van der Waals surface area contributed by atoms with Crippen molar-refractivity contribution in [2.24, 2.45) is 0 Å². The van der Waals surface area contributed by atoms with E-state index < -0.39 is 0 Å². The molecule has 0 spiro atoms. The molecule has 0 aromatic carbocycles. The first-order valence-electron chi connectivity index (χ1n) is 22.1. The van der Waals surface area contributed by atoms with Gasteiger partial charge in [-0.3, -0.25) is 0 Å². The van der Waals surface area contributed by atoms with Gasteiger partial charge < -0.3 is 9.47 Å². The molecular weight excluding hydrogens is 611 g/mol. The molecule has 1 aromatic heterocycles. The number of aromatic nitrogens is 1. The molecule has 0 amide bonds. The molecule has 1 aromatic rings. The average Bonchev–Trinajstić information content (AvgIpc) is 3.10. The fourth-order valence-electron chi connectivity index (χ4n) is 7.05. The van der Waals surface area contributed by atoms with Crippen LogP contribution in [-0.2, 0) is 16.0 Å². The molecule has 0 aliphatic heterocycles. The summed E-state index contributed by atoms with van der Waals surface area (Å²) in [6.07, 6.45) is 47.3. The Kier molecular flexibility index (Phi) is 33.5. The summed E-state index contributed by atoms with van der Waals surface area (Å²) in [5.41, 5.74) is 3.94. The van der Waals surface area contributed by atoms with Crippen molar-refractivity contribution >= 4 is 0 Å². The summed E-state index contributed by atoms with van der Waals surface area (Å²) in [6.45, 7) is 14.5. The first-order chi connectivity index (χ1) is 24.6. The second-order valence-corrected chi connectivity index (χ2v) is 15.4. The molecule has 1 unspecified atom stereocenters. The van der Waals surface area contributed by atoms with E-state index in [4.69, 9.17) is 9.47 Å². The highest BCUT2D eigenvalue weighted by Crippen LogP contribution is 2.13. The molecule has 1 heterocycles. The molecule has 50 heavy (non-hydrogen) atoms. The molecule has 0 saturated carbocycles. The Morgan fingerprint density at radius 1 is 0.480 bits per heavy atom. The Balaban J connectivity index is 2.15. The standard InChI is InChI=1S/C47H86NO2/c1-6-8-10-12-14-16-18-20-22-24-26-28-30-32-34-36-38-49-43-47(42-48-45(4)40-44(3)41-46(48)5)50-39-37-35-33-31-29-27-25-23-21-19-17-15-13-11-9-7-2/h20-23,40-41,47H,6-19,24-39,42-43H2,1-5H3/q+1/b22-20-,23-21-. The first kappa shape index (κ1) is 46.6. The summed E-state index contributed by atoms with van der Waals surface area (Å²) in [6, 6.07) is 4.56. The van der Waals surface area contributed by atoms with Crippen molar-refractivity contribution in [2.75, 3.05) is 19.8 Å². The van der Waals surface area contributed by atoms with E-state index in [2.05, 4.69) is 75.6 Å². The van der Waals surface area contributed by atoms with Gasteiger partial charge in [0.1, 0.15) is 6.10 Å². The van der Waals surface area contributed by atoms with Crippen molar-refractivity contribution in [3.8, 4) is 0 Å². The highest BCUT2D eigenvalue weighted by Gasteiger charge is 2.20. The van der Waals surface area contributed by atoms with E-state index in [1.165, 1.54) is 184 Å². The molecule has 0 aliphatic carbocycles. The number of nitrogens with zero attached hydrogens (tertiary/aromatic N) is 1. The Morgan fingerprint density at radius 3 is 1.26 bits per heavy atom. The molecule has 1 rings (SSSR count). The summed E-state index contributed by atoms with van der Waals surface area (Å²) in [5.74, 6) is 0. The monoisotopic (exact) mass is 697 g/mol. The highest BCUT2D eigenvalue weighted by molar-refractivity contribution is 5.13. The van der Waals surface area contributed by atoms with Gasteiger partial charge in [-0.05, 0) is 76.7 Å². The van der Waals surface area contributed by atoms with Crippen LogP contribution in [0.2, 0.25) is 0 Å².